The molecule has 5 atom stereocenters. The van der Waals surface area contributed by atoms with Crippen LogP contribution in [-0.2, 0) is 28.6 Å². The van der Waals surface area contributed by atoms with E-state index >= 15 is 0 Å². The number of hydrogen-bond acceptors (Lipinski definition) is 9. The average Bonchev–Trinajstić information content (AvgIpc) is 2.93. The van der Waals surface area contributed by atoms with Gasteiger partial charge in [0.1, 0.15) is 6.10 Å². The number of nitrogens with one attached hydrogen (secondary N) is 2. The third kappa shape index (κ3) is 9.38. The first-order valence-electron chi connectivity index (χ1n) is 13.3. The molecule has 0 aromatic carbocycles. The lowest BCUT2D eigenvalue weighted by Crippen LogP contribution is -2.36. The molecule has 5 N–H and O–H groups in total. The molecule has 0 aromatic rings. The van der Waals surface area contributed by atoms with Crippen LogP contribution in [-0.4, -0.2) is 73.9 Å². The van der Waals surface area contributed by atoms with Crippen molar-refractivity contribution >= 4 is 23.6 Å². The highest BCUT2D eigenvalue weighted by atomic mass is 16.6. The second kappa shape index (κ2) is 15.8. The van der Waals surface area contributed by atoms with Crippen LogP contribution in [0.1, 0.15) is 40.0 Å². The number of fused-ring (bicyclic) bond motifs is 2. The molecule has 1 aliphatic heterocycles. The molecule has 2 rings (SSSR count). The Bertz CT molecular complexity index is 1180. The van der Waals surface area contributed by atoms with Crippen molar-refractivity contribution in [2.45, 2.75) is 64.4 Å². The minimum absolute atomic E-state index is 0.131. The summed E-state index contributed by atoms with van der Waals surface area (Å²) >= 11 is 0. The van der Waals surface area contributed by atoms with E-state index in [9.17, 15) is 24.3 Å². The normalized spacial score (nSPS) is 30.2. The highest BCUT2D eigenvalue weighted by molar-refractivity contribution is 6.23. The molecule has 1 aliphatic carbocycles. The second-order valence-electron chi connectivity index (χ2n) is 10.1. The van der Waals surface area contributed by atoms with Gasteiger partial charge < -0.3 is 35.7 Å². The van der Waals surface area contributed by atoms with Gasteiger partial charge >= 0.3 is 6.09 Å². The third-order valence-corrected chi connectivity index (χ3v) is 6.88. The summed E-state index contributed by atoms with van der Waals surface area (Å²) in [6.07, 6.45) is 5.55. The van der Waals surface area contributed by atoms with Gasteiger partial charge in [0.15, 0.2) is 6.10 Å². The van der Waals surface area contributed by atoms with E-state index in [2.05, 4.69) is 17.2 Å². The number of ether oxygens (including phenoxy) is 3. The van der Waals surface area contributed by atoms with Crippen LogP contribution >= 0.6 is 0 Å². The smallest absolute Gasteiger partial charge is 0.405 e. The molecule has 2 aliphatic rings. The van der Waals surface area contributed by atoms with Gasteiger partial charge in [-0.05, 0) is 44.6 Å². The maximum absolute atomic E-state index is 13.5. The first-order valence-corrected chi connectivity index (χ1v) is 13.3. The zero-order valence-corrected chi connectivity index (χ0v) is 24.3. The number of ketones is 2. The number of aliphatic hydroxyl groups excluding tert-OH is 1. The van der Waals surface area contributed by atoms with Gasteiger partial charge in [0.25, 0.3) is 5.91 Å². The fourth-order valence-electron chi connectivity index (χ4n) is 4.62. The molecule has 11 nitrogen and oxygen atoms in total. The van der Waals surface area contributed by atoms with E-state index in [0.717, 1.165) is 6.08 Å². The monoisotopic (exact) mass is 571 g/mol. The van der Waals surface area contributed by atoms with E-state index in [4.69, 9.17) is 19.9 Å². The summed E-state index contributed by atoms with van der Waals surface area (Å²) in [6, 6.07) is 0. The number of hydrogen-bond donors (Lipinski definition) is 4. The van der Waals surface area contributed by atoms with Crippen molar-refractivity contribution in [3.8, 4) is 0 Å². The van der Waals surface area contributed by atoms with Gasteiger partial charge in [0.05, 0.1) is 23.6 Å². The maximum atomic E-state index is 13.5. The van der Waals surface area contributed by atoms with Gasteiger partial charge in [-0.25, -0.2) is 4.79 Å². The molecule has 41 heavy (non-hydrogen) atoms. The van der Waals surface area contributed by atoms with Crippen molar-refractivity contribution in [2.75, 3.05) is 20.8 Å². The standard InChI is InChI=1S/C30H41N3O8/c1-7-13-32-26-20-14-17(2)15-25(40-6)22(34)12-11-18(3)28(41-30(31)38)24(39-5)10-8-9-19(4)29(37)33-21(27(20)36)16-23(26)35/h7-11,16-17,22,24-25,28,32,34H,1,12-15H2,2-6H3,(H2,31,38)(H,33,37)/b10-8-,18-11+,19-9+/t17?,22-,24?,25?,28?/m1/s1. The van der Waals surface area contributed by atoms with Crippen molar-refractivity contribution in [1.82, 2.24) is 10.6 Å². The SMILES string of the molecule is C=CCNC1=C2CC(C)CC(OC)[C@H](O)C/C=C(\C)C(OC(N)=O)C(OC)/C=C\C=C(/C)C(=O)NC(=CC1=O)C2=O. The van der Waals surface area contributed by atoms with E-state index in [-0.39, 0.29) is 47.8 Å². The Morgan fingerprint density at radius 3 is 2.56 bits per heavy atom. The predicted octanol–water partition coefficient (Wildman–Crippen LogP) is 2.29. The largest absolute Gasteiger partial charge is 0.439 e. The molecule has 4 unspecified atom stereocenters. The van der Waals surface area contributed by atoms with Crippen molar-refractivity contribution in [1.29, 1.82) is 0 Å². The molecule has 0 radical (unpaired) electrons. The molecule has 2 amide bonds. The molecular formula is C30H41N3O8. The van der Waals surface area contributed by atoms with Crippen LogP contribution in [0.5, 0.6) is 0 Å². The van der Waals surface area contributed by atoms with E-state index in [0.29, 0.717) is 12.0 Å². The van der Waals surface area contributed by atoms with E-state index in [1.807, 2.05) is 6.92 Å². The lowest BCUT2D eigenvalue weighted by atomic mass is 9.86. The van der Waals surface area contributed by atoms with Gasteiger partial charge in [0, 0.05) is 38.0 Å². The highest BCUT2D eigenvalue weighted by Crippen LogP contribution is 2.27. The fraction of sp³-hybridized carbons (Fsp3) is 0.467. The average molecular weight is 572 g/mol. The van der Waals surface area contributed by atoms with Crippen LogP contribution in [0.3, 0.4) is 0 Å². The molecule has 11 heteroatoms. The highest BCUT2D eigenvalue weighted by Gasteiger charge is 2.32. The Labute approximate surface area is 240 Å². The van der Waals surface area contributed by atoms with Gasteiger partial charge in [-0.15, -0.1) is 6.58 Å². The lowest BCUT2D eigenvalue weighted by molar-refractivity contribution is -0.120. The Morgan fingerprint density at radius 2 is 1.95 bits per heavy atom. The molecule has 0 fully saturated rings. The van der Waals surface area contributed by atoms with Gasteiger partial charge in [0.2, 0.25) is 11.6 Å². The number of aliphatic hydroxyl groups is 1. The van der Waals surface area contributed by atoms with Crippen LogP contribution < -0.4 is 16.4 Å². The van der Waals surface area contributed by atoms with Crippen LogP contribution in [0.4, 0.5) is 4.79 Å². The number of allylic oxidation sites excluding steroid dienone is 4. The number of methoxy groups -OCH3 is 2. The zero-order valence-electron chi connectivity index (χ0n) is 24.3. The molecule has 2 bridgehead atoms. The van der Waals surface area contributed by atoms with Crippen LogP contribution in [0.25, 0.3) is 0 Å². The summed E-state index contributed by atoms with van der Waals surface area (Å²) < 4.78 is 16.4. The fourth-order valence-corrected chi connectivity index (χ4v) is 4.62. The van der Waals surface area contributed by atoms with Crippen molar-refractivity contribution in [2.24, 2.45) is 11.7 Å². The summed E-state index contributed by atoms with van der Waals surface area (Å²) in [6.45, 7) is 9.07. The quantitative estimate of drug-likeness (QED) is 0.276. The Morgan fingerprint density at radius 1 is 1.24 bits per heavy atom. The van der Waals surface area contributed by atoms with Crippen LogP contribution in [0.2, 0.25) is 0 Å². The van der Waals surface area contributed by atoms with Gasteiger partial charge in [-0.3, -0.25) is 14.4 Å². The topological polar surface area (TPSA) is 166 Å². The van der Waals surface area contributed by atoms with Crippen LogP contribution in [0.15, 0.2) is 71.1 Å². The van der Waals surface area contributed by atoms with Crippen molar-refractivity contribution in [3.05, 3.63) is 71.1 Å². The molecule has 0 saturated carbocycles. The van der Waals surface area contributed by atoms with Crippen molar-refractivity contribution < 1.29 is 38.5 Å². The Kier molecular flexibility index (Phi) is 12.9. The van der Waals surface area contributed by atoms with E-state index < -0.39 is 48.0 Å². The number of carbonyl (C=O) groups is 4. The van der Waals surface area contributed by atoms with Crippen LogP contribution in [0, 0.1) is 5.92 Å². The number of nitrogens with two attached hydrogens (primary N) is 1. The minimum Gasteiger partial charge on any atom is -0.439 e. The van der Waals surface area contributed by atoms with Gasteiger partial charge in [-0.1, -0.05) is 37.3 Å². The summed E-state index contributed by atoms with van der Waals surface area (Å²) in [5, 5.41) is 16.5. The van der Waals surface area contributed by atoms with E-state index in [1.165, 1.54) is 20.3 Å². The number of rotatable bonds is 6. The summed E-state index contributed by atoms with van der Waals surface area (Å²) in [5.74, 6) is -1.69. The molecular weight excluding hydrogens is 530 g/mol. The summed E-state index contributed by atoms with van der Waals surface area (Å²) in [5.41, 5.74) is 6.39. The van der Waals surface area contributed by atoms with Gasteiger partial charge in [-0.2, -0.15) is 0 Å². The zero-order chi connectivity index (χ0) is 30.7. The first-order chi connectivity index (χ1) is 19.4. The van der Waals surface area contributed by atoms with E-state index in [1.54, 1.807) is 38.2 Å². The predicted molar refractivity (Wildman–Crippen MR) is 153 cm³/mol. The number of amides is 2. The summed E-state index contributed by atoms with van der Waals surface area (Å²) in [7, 11) is 2.91. The Hall–Kier alpha value is -3.80. The third-order valence-electron chi connectivity index (χ3n) is 6.88. The van der Waals surface area contributed by atoms with Crippen molar-refractivity contribution in [3.63, 3.8) is 0 Å². The molecule has 0 aromatic heterocycles. The number of Topliss-reactive ketones (excluding diaryl/α,β-unsaturated/α-hetero) is 1. The second-order valence-corrected chi connectivity index (χ2v) is 10.1. The molecule has 0 saturated heterocycles. The summed E-state index contributed by atoms with van der Waals surface area (Å²) in [4.78, 5) is 51.1. The number of primary amides is 1. The Balaban J connectivity index is 2.57. The molecule has 224 valence electrons. The maximum Gasteiger partial charge on any atom is 0.405 e. The number of carbonyl (C=O) groups excluding carboxylic acids is 4. The molecule has 0 spiro atoms. The molecule has 1 heterocycles. The minimum atomic E-state index is -0.998. The lowest BCUT2D eigenvalue weighted by Gasteiger charge is -2.27. The first kappa shape index (κ1) is 33.4.